The molecule has 2 N–H and O–H groups in total. The van der Waals surface area contributed by atoms with Crippen molar-refractivity contribution >= 4 is 26.5 Å². The largest absolute Gasteiger partial charge is 0.370 e. The average molecular weight is 263 g/mol. The van der Waals surface area contributed by atoms with Crippen molar-refractivity contribution in [1.29, 1.82) is 0 Å². The van der Waals surface area contributed by atoms with Crippen LogP contribution in [0.5, 0.6) is 0 Å². The number of sulfone groups is 1. The molecule has 0 spiro atoms. The third-order valence-electron chi connectivity index (χ3n) is 2.70. The van der Waals surface area contributed by atoms with Crippen molar-refractivity contribution in [2.75, 3.05) is 5.75 Å². The maximum atomic E-state index is 12.0. The van der Waals surface area contributed by atoms with Crippen molar-refractivity contribution in [2.45, 2.75) is 11.3 Å². The van der Waals surface area contributed by atoms with Gasteiger partial charge in [-0.2, -0.15) is 0 Å². The average Bonchev–Trinajstić information content (AvgIpc) is 2.36. The number of hydrogen-bond donors (Lipinski definition) is 1. The van der Waals surface area contributed by atoms with Gasteiger partial charge >= 0.3 is 0 Å². The molecule has 0 aliphatic rings. The van der Waals surface area contributed by atoms with Gasteiger partial charge in [-0.3, -0.25) is 4.79 Å². The van der Waals surface area contributed by atoms with Crippen LogP contribution < -0.4 is 5.73 Å². The van der Waals surface area contributed by atoms with E-state index < -0.39 is 15.7 Å². The highest BCUT2D eigenvalue weighted by Crippen LogP contribution is 2.20. The Bertz CT molecular complexity index is 692. The fraction of sp³-hybridized carbons (Fsp3) is 0.154. The first kappa shape index (κ1) is 12.6. The van der Waals surface area contributed by atoms with Crippen LogP contribution in [-0.4, -0.2) is 20.1 Å². The van der Waals surface area contributed by atoms with Crippen LogP contribution in [0, 0.1) is 0 Å². The van der Waals surface area contributed by atoms with Gasteiger partial charge in [0.05, 0.1) is 10.6 Å². The third-order valence-corrected chi connectivity index (χ3v) is 4.41. The van der Waals surface area contributed by atoms with Crippen molar-refractivity contribution in [2.24, 2.45) is 5.73 Å². The molecule has 5 heteroatoms. The van der Waals surface area contributed by atoms with E-state index in [2.05, 4.69) is 0 Å². The molecule has 2 aromatic carbocycles. The summed E-state index contributed by atoms with van der Waals surface area (Å²) in [6.07, 6.45) is -0.158. The minimum absolute atomic E-state index is 0.158. The maximum Gasteiger partial charge on any atom is 0.218 e. The van der Waals surface area contributed by atoms with Crippen molar-refractivity contribution in [3.63, 3.8) is 0 Å². The van der Waals surface area contributed by atoms with Gasteiger partial charge in [-0.05, 0) is 22.9 Å². The first-order valence-electron chi connectivity index (χ1n) is 5.49. The Morgan fingerprint density at radius 2 is 1.72 bits per heavy atom. The van der Waals surface area contributed by atoms with Gasteiger partial charge in [-0.25, -0.2) is 8.42 Å². The molecule has 0 atom stereocenters. The summed E-state index contributed by atoms with van der Waals surface area (Å²) in [6.45, 7) is 0. The molecule has 0 aromatic heterocycles. The lowest BCUT2D eigenvalue weighted by Crippen LogP contribution is -2.17. The third kappa shape index (κ3) is 2.68. The number of amides is 1. The van der Waals surface area contributed by atoms with E-state index in [1.54, 1.807) is 18.2 Å². The molecule has 2 rings (SSSR count). The van der Waals surface area contributed by atoms with Crippen molar-refractivity contribution < 1.29 is 13.2 Å². The quantitative estimate of drug-likeness (QED) is 0.907. The zero-order valence-electron chi connectivity index (χ0n) is 9.67. The van der Waals surface area contributed by atoms with E-state index in [1.165, 1.54) is 0 Å². The van der Waals surface area contributed by atoms with Gasteiger partial charge in [0.1, 0.15) is 0 Å². The molecule has 2 aromatic rings. The van der Waals surface area contributed by atoms with Crippen LogP contribution in [0.15, 0.2) is 47.4 Å². The van der Waals surface area contributed by atoms with Crippen LogP contribution in [0.1, 0.15) is 6.42 Å². The van der Waals surface area contributed by atoms with Crippen LogP contribution in [0.25, 0.3) is 10.8 Å². The van der Waals surface area contributed by atoms with Gasteiger partial charge in [-0.1, -0.05) is 30.3 Å². The highest BCUT2D eigenvalue weighted by atomic mass is 32.2. The molecule has 0 aliphatic carbocycles. The monoisotopic (exact) mass is 263 g/mol. The predicted octanol–water partition coefficient (Wildman–Crippen LogP) is 1.49. The Balaban J connectivity index is 2.38. The Morgan fingerprint density at radius 1 is 1.06 bits per heavy atom. The van der Waals surface area contributed by atoms with Gasteiger partial charge in [0.15, 0.2) is 9.84 Å². The number of carbonyl (C=O) groups is 1. The topological polar surface area (TPSA) is 77.2 Å². The minimum Gasteiger partial charge on any atom is -0.370 e. The Kier molecular flexibility index (Phi) is 3.34. The molecule has 0 saturated heterocycles. The lowest BCUT2D eigenvalue weighted by atomic mass is 10.1. The second-order valence-electron chi connectivity index (χ2n) is 4.04. The molecule has 0 aliphatic heterocycles. The van der Waals surface area contributed by atoms with Crippen LogP contribution in [0.4, 0.5) is 0 Å². The minimum atomic E-state index is -3.45. The van der Waals surface area contributed by atoms with Crippen LogP contribution >= 0.6 is 0 Å². The zero-order valence-corrected chi connectivity index (χ0v) is 10.5. The van der Waals surface area contributed by atoms with Crippen LogP contribution in [0.2, 0.25) is 0 Å². The van der Waals surface area contributed by atoms with Crippen LogP contribution in [-0.2, 0) is 14.6 Å². The smallest absolute Gasteiger partial charge is 0.218 e. The van der Waals surface area contributed by atoms with Crippen molar-refractivity contribution in [1.82, 2.24) is 0 Å². The molecule has 94 valence electrons. The normalized spacial score (nSPS) is 11.6. The first-order chi connectivity index (χ1) is 8.49. The standard InChI is InChI=1S/C13H13NO3S/c14-13(15)7-8-18(16,17)12-6-5-10-3-1-2-4-11(10)9-12/h1-6,9H,7-8H2,(H2,14,15). The number of benzene rings is 2. The summed E-state index contributed by atoms with van der Waals surface area (Å²) in [5.41, 5.74) is 4.96. The van der Waals surface area contributed by atoms with E-state index in [0.29, 0.717) is 0 Å². The van der Waals surface area contributed by atoms with Gasteiger partial charge in [-0.15, -0.1) is 0 Å². The second kappa shape index (κ2) is 4.78. The number of nitrogens with two attached hydrogens (primary N) is 1. The number of rotatable bonds is 4. The maximum absolute atomic E-state index is 12.0. The van der Waals surface area contributed by atoms with E-state index in [-0.39, 0.29) is 17.1 Å². The summed E-state index contributed by atoms with van der Waals surface area (Å²) in [6, 6.07) is 12.4. The summed E-state index contributed by atoms with van der Waals surface area (Å²) in [5, 5.41) is 1.84. The highest BCUT2D eigenvalue weighted by Gasteiger charge is 2.15. The van der Waals surface area contributed by atoms with Gasteiger partial charge in [0.25, 0.3) is 0 Å². The summed E-state index contributed by atoms with van der Waals surface area (Å²) in [7, 11) is -3.45. The van der Waals surface area contributed by atoms with E-state index in [9.17, 15) is 13.2 Å². The molecule has 4 nitrogen and oxygen atoms in total. The molecule has 0 heterocycles. The molecule has 1 amide bonds. The molecule has 0 saturated carbocycles. The molecule has 0 radical (unpaired) electrons. The Hall–Kier alpha value is -1.88. The lowest BCUT2D eigenvalue weighted by molar-refractivity contribution is -0.117. The number of fused-ring (bicyclic) bond motifs is 1. The van der Waals surface area contributed by atoms with Gasteiger partial charge < -0.3 is 5.73 Å². The fourth-order valence-electron chi connectivity index (χ4n) is 1.71. The lowest BCUT2D eigenvalue weighted by Gasteiger charge is -2.04. The van der Waals surface area contributed by atoms with Crippen molar-refractivity contribution in [3.8, 4) is 0 Å². The second-order valence-corrected chi connectivity index (χ2v) is 6.15. The van der Waals surface area contributed by atoms with E-state index in [0.717, 1.165) is 10.8 Å². The van der Waals surface area contributed by atoms with E-state index in [1.807, 2.05) is 24.3 Å². The molecule has 0 fully saturated rings. The van der Waals surface area contributed by atoms with Gasteiger partial charge in [0, 0.05) is 6.42 Å². The van der Waals surface area contributed by atoms with E-state index in [4.69, 9.17) is 5.73 Å². The molecule has 0 bridgehead atoms. The summed E-state index contributed by atoms with van der Waals surface area (Å²) in [4.78, 5) is 10.9. The Morgan fingerprint density at radius 3 is 2.39 bits per heavy atom. The molecular weight excluding hydrogens is 250 g/mol. The SMILES string of the molecule is NC(=O)CCS(=O)(=O)c1ccc2ccccc2c1. The molecule has 0 unspecified atom stereocenters. The van der Waals surface area contributed by atoms with Crippen molar-refractivity contribution in [3.05, 3.63) is 42.5 Å². The summed E-state index contributed by atoms with van der Waals surface area (Å²) in [5.74, 6) is -0.861. The predicted molar refractivity (Wildman–Crippen MR) is 69.8 cm³/mol. The van der Waals surface area contributed by atoms with Crippen LogP contribution in [0.3, 0.4) is 0 Å². The summed E-state index contributed by atoms with van der Waals surface area (Å²) >= 11 is 0. The van der Waals surface area contributed by atoms with E-state index >= 15 is 0 Å². The number of hydrogen-bond acceptors (Lipinski definition) is 3. The zero-order chi connectivity index (χ0) is 13.2. The fourth-order valence-corrected chi connectivity index (χ4v) is 3.00. The molecule has 18 heavy (non-hydrogen) atoms. The number of primary amides is 1. The summed E-state index contributed by atoms with van der Waals surface area (Å²) < 4.78 is 23.9. The molecular formula is C13H13NO3S. The first-order valence-corrected chi connectivity index (χ1v) is 7.14. The van der Waals surface area contributed by atoms with Gasteiger partial charge in [0.2, 0.25) is 5.91 Å². The Labute approximate surface area is 105 Å². The number of carbonyl (C=O) groups excluding carboxylic acids is 1. The highest BCUT2D eigenvalue weighted by molar-refractivity contribution is 7.91.